The Morgan fingerprint density at radius 2 is 2.14 bits per heavy atom. The maximum atomic E-state index is 11.2. The molecule has 0 aromatic carbocycles. The van der Waals surface area contributed by atoms with Gasteiger partial charge in [0.15, 0.2) is 0 Å². The van der Waals surface area contributed by atoms with Crippen LogP contribution in [0.2, 0.25) is 0 Å². The number of ether oxygens (including phenoxy) is 1. The van der Waals surface area contributed by atoms with Gasteiger partial charge in [-0.05, 0) is 50.4 Å². The zero-order chi connectivity index (χ0) is 10.1. The number of fused-ring (bicyclic) bond motifs is 1. The Hall–Kier alpha value is -0.790. The van der Waals surface area contributed by atoms with Crippen molar-refractivity contribution >= 4 is 5.97 Å². The quantitative estimate of drug-likeness (QED) is 0.510. The molecule has 0 N–H and O–H groups in total. The van der Waals surface area contributed by atoms with E-state index in [1.807, 2.05) is 0 Å². The Labute approximate surface area is 85.3 Å². The highest BCUT2D eigenvalue weighted by atomic mass is 16.5. The highest BCUT2D eigenvalue weighted by Gasteiger charge is 2.42. The third-order valence-electron chi connectivity index (χ3n) is 3.45. The van der Waals surface area contributed by atoms with Crippen LogP contribution >= 0.6 is 0 Å². The van der Waals surface area contributed by atoms with Crippen LogP contribution in [-0.2, 0) is 9.53 Å². The van der Waals surface area contributed by atoms with E-state index in [0.717, 1.165) is 11.8 Å². The predicted molar refractivity (Wildman–Crippen MR) is 54.7 cm³/mol. The molecule has 2 heteroatoms. The summed E-state index contributed by atoms with van der Waals surface area (Å²) < 4.78 is 5.17. The topological polar surface area (TPSA) is 26.3 Å². The monoisotopic (exact) mass is 194 g/mol. The maximum absolute atomic E-state index is 11.2. The minimum Gasteiger partial charge on any atom is -0.462 e. The standard InChI is InChI=1S/C12H18O2/c1-8(2)12(13)14-7-9-3-4-10-6-11(10)5-9/h9-11H,1,3-7H2,2H3. The van der Waals surface area contributed by atoms with Gasteiger partial charge in [0.2, 0.25) is 0 Å². The summed E-state index contributed by atoms with van der Waals surface area (Å²) in [6.45, 7) is 5.87. The summed E-state index contributed by atoms with van der Waals surface area (Å²) in [5, 5.41) is 0. The van der Waals surface area contributed by atoms with Gasteiger partial charge in [-0.15, -0.1) is 0 Å². The van der Waals surface area contributed by atoms with Crippen molar-refractivity contribution in [2.45, 2.75) is 32.6 Å². The van der Waals surface area contributed by atoms with Gasteiger partial charge in [0, 0.05) is 5.57 Å². The van der Waals surface area contributed by atoms with Gasteiger partial charge in [0.1, 0.15) is 0 Å². The van der Waals surface area contributed by atoms with Gasteiger partial charge in [-0.3, -0.25) is 0 Å². The van der Waals surface area contributed by atoms with Crippen LogP contribution in [0.3, 0.4) is 0 Å². The molecule has 2 rings (SSSR count). The summed E-state index contributed by atoms with van der Waals surface area (Å²) in [6.07, 6.45) is 5.28. The number of rotatable bonds is 3. The lowest BCUT2D eigenvalue weighted by molar-refractivity contribution is -0.140. The molecule has 0 amide bonds. The lowest BCUT2D eigenvalue weighted by Crippen LogP contribution is -2.18. The molecule has 2 fully saturated rings. The van der Waals surface area contributed by atoms with Crippen LogP contribution in [-0.4, -0.2) is 12.6 Å². The Kier molecular flexibility index (Phi) is 2.62. The number of esters is 1. The van der Waals surface area contributed by atoms with Crippen LogP contribution < -0.4 is 0 Å². The summed E-state index contributed by atoms with van der Waals surface area (Å²) in [7, 11) is 0. The van der Waals surface area contributed by atoms with Crippen LogP contribution in [0, 0.1) is 17.8 Å². The van der Waals surface area contributed by atoms with E-state index in [1.165, 1.54) is 25.7 Å². The Morgan fingerprint density at radius 1 is 1.36 bits per heavy atom. The SMILES string of the molecule is C=C(C)C(=O)OCC1CCC2CC2C1. The Morgan fingerprint density at radius 3 is 2.79 bits per heavy atom. The molecule has 3 atom stereocenters. The van der Waals surface area contributed by atoms with Crippen LogP contribution in [0.25, 0.3) is 0 Å². The fraction of sp³-hybridized carbons (Fsp3) is 0.750. The van der Waals surface area contributed by atoms with Gasteiger partial charge in [0.25, 0.3) is 0 Å². The second-order valence-electron chi connectivity index (χ2n) is 4.81. The van der Waals surface area contributed by atoms with Crippen molar-refractivity contribution in [3.05, 3.63) is 12.2 Å². The fourth-order valence-electron chi connectivity index (χ4n) is 2.42. The van der Waals surface area contributed by atoms with Crippen molar-refractivity contribution in [2.75, 3.05) is 6.61 Å². The van der Waals surface area contributed by atoms with E-state index in [2.05, 4.69) is 6.58 Å². The largest absolute Gasteiger partial charge is 0.462 e. The second kappa shape index (κ2) is 3.76. The molecule has 0 spiro atoms. The number of hydrogen-bond donors (Lipinski definition) is 0. The van der Waals surface area contributed by atoms with Crippen molar-refractivity contribution < 1.29 is 9.53 Å². The molecule has 78 valence electrons. The van der Waals surface area contributed by atoms with Crippen LogP contribution in [0.4, 0.5) is 0 Å². The molecule has 2 nitrogen and oxygen atoms in total. The highest BCUT2D eigenvalue weighted by Crippen LogP contribution is 2.51. The van der Waals surface area contributed by atoms with Gasteiger partial charge >= 0.3 is 5.97 Å². The third-order valence-corrected chi connectivity index (χ3v) is 3.45. The first-order valence-electron chi connectivity index (χ1n) is 5.49. The summed E-state index contributed by atoms with van der Waals surface area (Å²) in [5.41, 5.74) is 0.505. The van der Waals surface area contributed by atoms with Gasteiger partial charge in [-0.1, -0.05) is 6.58 Å². The van der Waals surface area contributed by atoms with E-state index in [9.17, 15) is 4.79 Å². The number of hydrogen-bond acceptors (Lipinski definition) is 2. The molecule has 3 unspecified atom stereocenters. The average molecular weight is 194 g/mol. The summed E-state index contributed by atoms with van der Waals surface area (Å²) >= 11 is 0. The average Bonchev–Trinajstić information content (AvgIpc) is 2.91. The van der Waals surface area contributed by atoms with E-state index in [1.54, 1.807) is 6.92 Å². The van der Waals surface area contributed by atoms with Crippen molar-refractivity contribution in [1.82, 2.24) is 0 Å². The molecule has 0 radical (unpaired) electrons. The molecule has 2 saturated carbocycles. The minimum absolute atomic E-state index is 0.233. The fourth-order valence-corrected chi connectivity index (χ4v) is 2.42. The molecule has 0 heterocycles. The Bertz CT molecular complexity index is 257. The highest BCUT2D eigenvalue weighted by molar-refractivity contribution is 5.86. The van der Waals surface area contributed by atoms with E-state index < -0.39 is 0 Å². The maximum Gasteiger partial charge on any atom is 0.333 e. The first-order chi connectivity index (χ1) is 6.66. The molecular formula is C12H18O2. The molecule has 0 aliphatic heterocycles. The molecule has 14 heavy (non-hydrogen) atoms. The molecule has 0 saturated heterocycles. The summed E-state index contributed by atoms with van der Waals surface area (Å²) in [4.78, 5) is 11.2. The molecule has 2 aliphatic rings. The van der Waals surface area contributed by atoms with Gasteiger partial charge < -0.3 is 4.74 Å². The zero-order valence-corrected chi connectivity index (χ0v) is 8.79. The first-order valence-corrected chi connectivity index (χ1v) is 5.49. The van der Waals surface area contributed by atoms with Gasteiger partial charge in [0.05, 0.1) is 6.61 Å². The van der Waals surface area contributed by atoms with E-state index in [4.69, 9.17) is 4.74 Å². The number of carbonyl (C=O) groups is 1. The first kappa shape index (κ1) is 9.75. The van der Waals surface area contributed by atoms with Crippen molar-refractivity contribution in [3.8, 4) is 0 Å². The minimum atomic E-state index is -0.233. The summed E-state index contributed by atoms with van der Waals surface area (Å²) in [5.74, 6) is 2.35. The normalized spacial score (nSPS) is 34.5. The third kappa shape index (κ3) is 2.17. The Balaban J connectivity index is 1.70. The van der Waals surface area contributed by atoms with Crippen molar-refractivity contribution in [1.29, 1.82) is 0 Å². The lowest BCUT2D eigenvalue weighted by atomic mass is 9.90. The van der Waals surface area contributed by atoms with Crippen LogP contribution in [0.1, 0.15) is 32.6 Å². The summed E-state index contributed by atoms with van der Waals surface area (Å²) in [6, 6.07) is 0. The van der Waals surface area contributed by atoms with E-state index in [-0.39, 0.29) is 5.97 Å². The predicted octanol–water partition coefficient (Wildman–Crippen LogP) is 2.54. The molecule has 0 bridgehead atoms. The van der Waals surface area contributed by atoms with Gasteiger partial charge in [-0.25, -0.2) is 4.79 Å². The molecule has 0 aromatic heterocycles. The zero-order valence-electron chi connectivity index (χ0n) is 8.79. The van der Waals surface area contributed by atoms with Crippen molar-refractivity contribution in [2.24, 2.45) is 17.8 Å². The molecular weight excluding hydrogens is 176 g/mol. The van der Waals surface area contributed by atoms with Gasteiger partial charge in [-0.2, -0.15) is 0 Å². The molecule has 2 aliphatic carbocycles. The van der Waals surface area contributed by atoms with E-state index >= 15 is 0 Å². The van der Waals surface area contributed by atoms with E-state index in [0.29, 0.717) is 18.1 Å². The van der Waals surface area contributed by atoms with Crippen LogP contribution in [0.15, 0.2) is 12.2 Å². The molecule has 0 aromatic rings. The lowest BCUT2D eigenvalue weighted by Gasteiger charge is -2.20. The van der Waals surface area contributed by atoms with Crippen LogP contribution in [0.5, 0.6) is 0 Å². The van der Waals surface area contributed by atoms with Crippen molar-refractivity contribution in [3.63, 3.8) is 0 Å². The smallest absolute Gasteiger partial charge is 0.333 e. The number of carbonyl (C=O) groups excluding carboxylic acids is 1. The second-order valence-corrected chi connectivity index (χ2v) is 4.81.